The summed E-state index contributed by atoms with van der Waals surface area (Å²) < 4.78 is 5.23. The zero-order chi connectivity index (χ0) is 9.26. The van der Waals surface area contributed by atoms with Crippen molar-refractivity contribution in [1.29, 1.82) is 0 Å². The third-order valence-corrected chi connectivity index (χ3v) is 3.30. The van der Waals surface area contributed by atoms with E-state index in [2.05, 4.69) is 23.6 Å². The maximum atomic E-state index is 5.23. The highest BCUT2D eigenvalue weighted by molar-refractivity contribution is 4.86. The van der Waals surface area contributed by atoms with Gasteiger partial charge in [0.05, 0.1) is 19.3 Å². The molecule has 0 aromatic rings. The summed E-state index contributed by atoms with van der Waals surface area (Å²) in [6, 6.07) is 1.43. The minimum absolute atomic E-state index is 0.711. The van der Waals surface area contributed by atoms with Crippen molar-refractivity contribution in [2.24, 2.45) is 0 Å². The quantitative estimate of drug-likeness (QED) is 0.618. The van der Waals surface area contributed by atoms with Crippen LogP contribution in [0.15, 0.2) is 0 Å². The minimum atomic E-state index is 0.711. The summed E-state index contributed by atoms with van der Waals surface area (Å²) in [5.74, 6) is 0. The van der Waals surface area contributed by atoms with Crippen LogP contribution in [-0.4, -0.2) is 61.3 Å². The van der Waals surface area contributed by atoms with Gasteiger partial charge in [-0.05, 0) is 13.5 Å². The van der Waals surface area contributed by atoms with Crippen molar-refractivity contribution < 1.29 is 4.74 Å². The topological polar surface area (TPSA) is 15.7 Å². The van der Waals surface area contributed by atoms with E-state index < -0.39 is 0 Å². The monoisotopic (exact) mass is 184 g/mol. The first-order valence-corrected chi connectivity index (χ1v) is 5.37. The average molecular weight is 184 g/mol. The predicted octanol–water partition coefficient (Wildman–Crippen LogP) is 0.411. The molecule has 0 aromatic heterocycles. The lowest BCUT2D eigenvalue weighted by Gasteiger charge is -2.46. The molecule has 2 rings (SSSR count). The van der Waals surface area contributed by atoms with Crippen LogP contribution >= 0.6 is 0 Å². The first-order valence-electron chi connectivity index (χ1n) is 5.37. The highest BCUT2D eigenvalue weighted by atomic mass is 16.5. The van der Waals surface area contributed by atoms with Gasteiger partial charge in [-0.2, -0.15) is 0 Å². The second-order valence-electron chi connectivity index (χ2n) is 4.17. The number of hydrogen-bond donors (Lipinski definition) is 0. The van der Waals surface area contributed by atoms with Gasteiger partial charge in [-0.3, -0.25) is 4.90 Å². The van der Waals surface area contributed by atoms with Crippen LogP contribution in [0.5, 0.6) is 0 Å². The Bertz CT molecular complexity index is 170. The second-order valence-corrected chi connectivity index (χ2v) is 4.17. The Hall–Kier alpha value is -0.120. The highest BCUT2D eigenvalue weighted by Crippen LogP contribution is 2.17. The van der Waals surface area contributed by atoms with Crippen LogP contribution in [0.1, 0.15) is 13.8 Å². The molecule has 1 atom stereocenters. The number of rotatable bonds is 2. The molecule has 2 fully saturated rings. The summed E-state index contributed by atoms with van der Waals surface area (Å²) in [6.07, 6.45) is 0. The third kappa shape index (κ3) is 1.87. The van der Waals surface area contributed by atoms with E-state index in [4.69, 9.17) is 4.74 Å². The summed E-state index contributed by atoms with van der Waals surface area (Å²) >= 11 is 0. The molecule has 76 valence electrons. The van der Waals surface area contributed by atoms with Crippen LogP contribution < -0.4 is 0 Å². The van der Waals surface area contributed by atoms with Crippen LogP contribution in [0, 0.1) is 0 Å². The van der Waals surface area contributed by atoms with E-state index in [1.54, 1.807) is 0 Å². The van der Waals surface area contributed by atoms with Gasteiger partial charge in [0, 0.05) is 25.7 Å². The smallest absolute Gasteiger partial charge is 0.0645 e. The van der Waals surface area contributed by atoms with Gasteiger partial charge in [-0.25, -0.2) is 0 Å². The van der Waals surface area contributed by atoms with E-state index >= 15 is 0 Å². The highest BCUT2D eigenvalue weighted by Gasteiger charge is 2.32. The molecular weight excluding hydrogens is 164 g/mol. The molecule has 2 heterocycles. The number of piperazine rings is 1. The minimum Gasteiger partial charge on any atom is -0.378 e. The Kier molecular flexibility index (Phi) is 2.86. The number of hydrogen-bond acceptors (Lipinski definition) is 3. The van der Waals surface area contributed by atoms with Gasteiger partial charge in [-0.1, -0.05) is 6.92 Å². The fraction of sp³-hybridized carbons (Fsp3) is 1.00. The molecule has 0 radical (unpaired) electrons. The molecule has 13 heavy (non-hydrogen) atoms. The lowest BCUT2D eigenvalue weighted by molar-refractivity contribution is -0.0928. The Labute approximate surface area is 80.6 Å². The van der Waals surface area contributed by atoms with Crippen LogP contribution in [-0.2, 0) is 4.74 Å². The zero-order valence-corrected chi connectivity index (χ0v) is 8.70. The normalized spacial score (nSPS) is 33.2. The molecule has 0 spiro atoms. The standard InChI is InChI=1S/C10H20N2O/c1-3-11-4-5-12(9(2)6-11)10-7-13-8-10/h9-10H,3-8H2,1-2H3/t9-/m1/s1. The maximum absolute atomic E-state index is 5.23. The maximum Gasteiger partial charge on any atom is 0.0645 e. The average Bonchev–Trinajstić information content (AvgIpc) is 2.05. The van der Waals surface area contributed by atoms with Crippen molar-refractivity contribution in [3.8, 4) is 0 Å². The molecule has 0 aromatic carbocycles. The third-order valence-electron chi connectivity index (χ3n) is 3.30. The largest absolute Gasteiger partial charge is 0.378 e. The van der Waals surface area contributed by atoms with Crippen molar-refractivity contribution in [3.05, 3.63) is 0 Å². The molecule has 0 bridgehead atoms. The van der Waals surface area contributed by atoms with Crippen molar-refractivity contribution in [3.63, 3.8) is 0 Å². The number of ether oxygens (including phenoxy) is 1. The molecule has 3 heteroatoms. The summed E-state index contributed by atoms with van der Waals surface area (Å²) in [5.41, 5.74) is 0. The Morgan fingerprint density at radius 1 is 1.31 bits per heavy atom. The van der Waals surface area contributed by atoms with Crippen LogP contribution in [0.2, 0.25) is 0 Å². The molecule has 0 unspecified atom stereocenters. The van der Waals surface area contributed by atoms with Crippen molar-refractivity contribution in [1.82, 2.24) is 9.80 Å². The molecule has 2 aliphatic heterocycles. The predicted molar refractivity (Wildman–Crippen MR) is 52.9 cm³/mol. The molecule has 3 nitrogen and oxygen atoms in total. The molecule has 2 saturated heterocycles. The van der Waals surface area contributed by atoms with E-state index in [0.717, 1.165) is 13.2 Å². The van der Waals surface area contributed by atoms with Crippen molar-refractivity contribution in [2.75, 3.05) is 39.4 Å². The molecule has 2 aliphatic rings. The van der Waals surface area contributed by atoms with Gasteiger partial charge >= 0.3 is 0 Å². The van der Waals surface area contributed by atoms with E-state index in [-0.39, 0.29) is 0 Å². The first kappa shape index (κ1) is 9.44. The summed E-state index contributed by atoms with van der Waals surface area (Å²) in [4.78, 5) is 5.14. The molecule has 0 aliphatic carbocycles. The Morgan fingerprint density at radius 2 is 2.08 bits per heavy atom. The van der Waals surface area contributed by atoms with Crippen LogP contribution in [0.25, 0.3) is 0 Å². The van der Waals surface area contributed by atoms with Gasteiger partial charge in [0.2, 0.25) is 0 Å². The van der Waals surface area contributed by atoms with E-state index in [1.165, 1.54) is 26.2 Å². The lowest BCUT2D eigenvalue weighted by atomic mass is 10.1. The summed E-state index contributed by atoms with van der Waals surface area (Å²) in [7, 11) is 0. The second kappa shape index (κ2) is 3.95. The number of likely N-dealkylation sites (N-methyl/N-ethyl adjacent to an activating group) is 1. The first-order chi connectivity index (χ1) is 6.31. The SMILES string of the molecule is CCN1CCN(C2COC2)[C@H](C)C1. The lowest BCUT2D eigenvalue weighted by Crippen LogP contribution is -2.60. The number of nitrogens with zero attached hydrogens (tertiary/aromatic N) is 2. The zero-order valence-electron chi connectivity index (χ0n) is 8.70. The van der Waals surface area contributed by atoms with Gasteiger partial charge in [0.15, 0.2) is 0 Å². The van der Waals surface area contributed by atoms with Gasteiger partial charge in [0.1, 0.15) is 0 Å². The Balaban J connectivity index is 1.85. The van der Waals surface area contributed by atoms with Crippen LogP contribution in [0.3, 0.4) is 0 Å². The molecule has 0 saturated carbocycles. The van der Waals surface area contributed by atoms with E-state index in [9.17, 15) is 0 Å². The van der Waals surface area contributed by atoms with E-state index in [1.807, 2.05) is 0 Å². The Morgan fingerprint density at radius 3 is 2.54 bits per heavy atom. The molecule has 0 N–H and O–H groups in total. The molecular formula is C10H20N2O. The molecule has 0 amide bonds. The van der Waals surface area contributed by atoms with E-state index in [0.29, 0.717) is 12.1 Å². The van der Waals surface area contributed by atoms with Gasteiger partial charge in [0.25, 0.3) is 0 Å². The van der Waals surface area contributed by atoms with Gasteiger partial charge in [-0.15, -0.1) is 0 Å². The summed E-state index contributed by atoms with van der Waals surface area (Å²) in [6.45, 7) is 11.4. The fourth-order valence-corrected chi connectivity index (χ4v) is 2.29. The van der Waals surface area contributed by atoms with Gasteiger partial charge < -0.3 is 9.64 Å². The fourth-order valence-electron chi connectivity index (χ4n) is 2.29. The summed E-state index contributed by atoms with van der Waals surface area (Å²) in [5, 5.41) is 0. The van der Waals surface area contributed by atoms with Crippen molar-refractivity contribution >= 4 is 0 Å². The van der Waals surface area contributed by atoms with Crippen molar-refractivity contribution in [2.45, 2.75) is 25.9 Å². The van der Waals surface area contributed by atoms with Crippen LogP contribution in [0.4, 0.5) is 0 Å².